The lowest BCUT2D eigenvalue weighted by molar-refractivity contribution is -0.174. The largest absolute Gasteiger partial charge is 0.471 e. The van der Waals surface area contributed by atoms with E-state index in [4.69, 9.17) is 0 Å². The summed E-state index contributed by atoms with van der Waals surface area (Å²) in [6, 6.07) is -0.862. The van der Waals surface area contributed by atoms with Crippen LogP contribution in [0.5, 0.6) is 0 Å². The predicted octanol–water partition coefficient (Wildman–Crippen LogP) is 2.20. The van der Waals surface area contributed by atoms with Crippen molar-refractivity contribution < 1.29 is 27.5 Å². The van der Waals surface area contributed by atoms with E-state index < -0.39 is 24.1 Å². The van der Waals surface area contributed by atoms with Gasteiger partial charge in [0.1, 0.15) is 0 Å². The summed E-state index contributed by atoms with van der Waals surface area (Å²) in [5, 5.41) is 1.83. The summed E-state index contributed by atoms with van der Waals surface area (Å²) in [4.78, 5) is 21.9. The number of esters is 1. The fraction of sp³-hybridized carbons (Fsp3) is 0.667. The van der Waals surface area contributed by atoms with Gasteiger partial charge in [0.2, 0.25) is 0 Å². The van der Waals surface area contributed by atoms with Gasteiger partial charge >= 0.3 is 18.1 Å². The summed E-state index contributed by atoms with van der Waals surface area (Å²) in [5.41, 5.74) is 0. The van der Waals surface area contributed by atoms with E-state index in [0.717, 1.165) is 6.08 Å². The van der Waals surface area contributed by atoms with Crippen molar-refractivity contribution in [2.75, 3.05) is 6.61 Å². The smallest absolute Gasteiger partial charge is 0.463 e. The molecule has 0 bridgehead atoms. The van der Waals surface area contributed by atoms with E-state index in [9.17, 15) is 22.8 Å². The molecular weight excluding hydrogens is 263 g/mol. The molecule has 4 nitrogen and oxygen atoms in total. The molecule has 0 unspecified atom stereocenters. The van der Waals surface area contributed by atoms with Gasteiger partial charge in [-0.3, -0.25) is 4.79 Å². The Bertz CT molecular complexity index is 338. The van der Waals surface area contributed by atoms with Crippen LogP contribution in [0, 0.1) is 5.92 Å². The van der Waals surface area contributed by atoms with E-state index in [0.29, 0.717) is 0 Å². The second-order valence-electron chi connectivity index (χ2n) is 4.32. The Balaban J connectivity index is 4.64. The molecule has 0 rings (SSSR count). The molecule has 1 atom stereocenters. The second-order valence-corrected chi connectivity index (χ2v) is 4.32. The summed E-state index contributed by atoms with van der Waals surface area (Å²) < 4.78 is 41.0. The zero-order valence-corrected chi connectivity index (χ0v) is 11.1. The fourth-order valence-electron chi connectivity index (χ4n) is 1.33. The number of amides is 1. The Morgan fingerprint density at radius 1 is 1.32 bits per heavy atom. The standard InChI is InChI=1S/C12H18F3NO3/c1-4-19-10(17)6-5-9(7-8(2)3)16-11(18)12(13,14)15/h5-6,8-9H,4,7H2,1-3H3,(H,16,18)/b6-5+/t9-/m1/s1. The van der Waals surface area contributed by atoms with Crippen LogP contribution in [0.4, 0.5) is 13.2 Å². The molecule has 0 heterocycles. The van der Waals surface area contributed by atoms with Crippen LogP contribution in [-0.4, -0.2) is 30.7 Å². The number of nitrogens with one attached hydrogen (secondary N) is 1. The van der Waals surface area contributed by atoms with Crippen molar-refractivity contribution >= 4 is 11.9 Å². The Morgan fingerprint density at radius 2 is 1.89 bits per heavy atom. The van der Waals surface area contributed by atoms with E-state index in [1.807, 2.05) is 5.32 Å². The zero-order valence-electron chi connectivity index (χ0n) is 11.1. The van der Waals surface area contributed by atoms with Crippen molar-refractivity contribution in [2.45, 2.75) is 39.4 Å². The fourth-order valence-corrected chi connectivity index (χ4v) is 1.33. The Kier molecular flexibility index (Phi) is 7.18. The van der Waals surface area contributed by atoms with Crippen molar-refractivity contribution in [3.05, 3.63) is 12.2 Å². The van der Waals surface area contributed by atoms with Gasteiger partial charge in [0.15, 0.2) is 0 Å². The van der Waals surface area contributed by atoms with E-state index in [-0.39, 0.29) is 18.9 Å². The van der Waals surface area contributed by atoms with E-state index in [1.165, 1.54) is 6.08 Å². The first-order chi connectivity index (χ1) is 8.66. The molecule has 0 radical (unpaired) electrons. The number of hydrogen-bond donors (Lipinski definition) is 1. The normalized spacial score (nSPS) is 13.6. The highest BCUT2D eigenvalue weighted by Crippen LogP contribution is 2.16. The zero-order chi connectivity index (χ0) is 15.1. The average molecular weight is 281 g/mol. The Hall–Kier alpha value is -1.53. The lowest BCUT2D eigenvalue weighted by Crippen LogP contribution is -2.42. The van der Waals surface area contributed by atoms with Crippen molar-refractivity contribution in [1.82, 2.24) is 5.32 Å². The Morgan fingerprint density at radius 3 is 2.32 bits per heavy atom. The summed E-state index contributed by atoms with van der Waals surface area (Å²) >= 11 is 0. The average Bonchev–Trinajstić information content (AvgIpc) is 2.24. The number of ether oxygens (including phenoxy) is 1. The van der Waals surface area contributed by atoms with Crippen LogP contribution >= 0.6 is 0 Å². The van der Waals surface area contributed by atoms with Gasteiger partial charge in [0.25, 0.3) is 0 Å². The lowest BCUT2D eigenvalue weighted by atomic mass is 10.0. The van der Waals surface area contributed by atoms with Gasteiger partial charge in [-0.05, 0) is 19.3 Å². The molecule has 0 aromatic carbocycles. The second kappa shape index (κ2) is 7.81. The van der Waals surface area contributed by atoms with Gasteiger partial charge < -0.3 is 10.1 Å². The number of carbonyl (C=O) groups is 2. The molecule has 0 saturated carbocycles. The van der Waals surface area contributed by atoms with Crippen LogP contribution in [0.1, 0.15) is 27.2 Å². The van der Waals surface area contributed by atoms with Crippen molar-refractivity contribution in [3.63, 3.8) is 0 Å². The predicted molar refractivity (Wildman–Crippen MR) is 63.2 cm³/mol. The maximum Gasteiger partial charge on any atom is 0.471 e. The quantitative estimate of drug-likeness (QED) is 0.600. The Labute approximate surface area is 110 Å². The molecule has 0 aliphatic carbocycles. The van der Waals surface area contributed by atoms with Crippen molar-refractivity contribution in [1.29, 1.82) is 0 Å². The maximum absolute atomic E-state index is 12.1. The summed E-state index contributed by atoms with van der Waals surface area (Å²) in [7, 11) is 0. The van der Waals surface area contributed by atoms with Crippen LogP contribution in [0.3, 0.4) is 0 Å². The van der Waals surface area contributed by atoms with Gasteiger partial charge in [-0.2, -0.15) is 13.2 Å². The first-order valence-corrected chi connectivity index (χ1v) is 5.89. The number of halogens is 3. The molecule has 0 aliphatic heterocycles. The molecule has 19 heavy (non-hydrogen) atoms. The van der Waals surface area contributed by atoms with Crippen LogP contribution in [0.2, 0.25) is 0 Å². The van der Waals surface area contributed by atoms with Crippen LogP contribution in [0.25, 0.3) is 0 Å². The van der Waals surface area contributed by atoms with Gasteiger partial charge in [-0.1, -0.05) is 19.9 Å². The highest BCUT2D eigenvalue weighted by molar-refractivity contribution is 5.83. The molecule has 1 amide bonds. The minimum atomic E-state index is -4.94. The number of rotatable bonds is 6. The number of hydrogen-bond acceptors (Lipinski definition) is 3. The minimum absolute atomic E-state index is 0.0605. The molecule has 0 saturated heterocycles. The topological polar surface area (TPSA) is 55.4 Å². The van der Waals surface area contributed by atoms with Gasteiger partial charge in [0.05, 0.1) is 6.61 Å². The molecule has 0 aromatic rings. The minimum Gasteiger partial charge on any atom is -0.463 e. The number of alkyl halides is 3. The molecule has 0 aromatic heterocycles. The molecular formula is C12H18F3NO3. The first-order valence-electron chi connectivity index (χ1n) is 5.89. The van der Waals surface area contributed by atoms with E-state index in [2.05, 4.69) is 4.74 Å². The molecule has 1 N–H and O–H groups in total. The molecule has 0 aliphatic rings. The SMILES string of the molecule is CCOC(=O)/C=C/[C@H](CC(C)C)NC(=O)C(F)(F)F. The van der Waals surface area contributed by atoms with Gasteiger partial charge in [-0.15, -0.1) is 0 Å². The molecule has 0 fully saturated rings. The van der Waals surface area contributed by atoms with E-state index >= 15 is 0 Å². The van der Waals surface area contributed by atoms with E-state index in [1.54, 1.807) is 20.8 Å². The summed E-state index contributed by atoms with van der Waals surface area (Å²) in [6.45, 7) is 5.38. The highest BCUT2D eigenvalue weighted by Gasteiger charge is 2.39. The van der Waals surface area contributed by atoms with Gasteiger partial charge in [0, 0.05) is 12.1 Å². The first kappa shape index (κ1) is 17.5. The molecule has 7 heteroatoms. The third kappa shape index (κ3) is 8.23. The van der Waals surface area contributed by atoms with Crippen molar-refractivity contribution in [2.24, 2.45) is 5.92 Å². The number of carbonyl (C=O) groups excluding carboxylic acids is 2. The summed E-state index contributed by atoms with van der Waals surface area (Å²) in [5.74, 6) is -2.62. The monoisotopic (exact) mass is 281 g/mol. The molecule has 110 valence electrons. The summed E-state index contributed by atoms with van der Waals surface area (Å²) in [6.07, 6.45) is -2.42. The van der Waals surface area contributed by atoms with Crippen molar-refractivity contribution in [3.8, 4) is 0 Å². The van der Waals surface area contributed by atoms with Crippen LogP contribution in [0.15, 0.2) is 12.2 Å². The van der Waals surface area contributed by atoms with Crippen LogP contribution < -0.4 is 5.32 Å². The third-order valence-electron chi connectivity index (χ3n) is 2.05. The van der Waals surface area contributed by atoms with Crippen LogP contribution in [-0.2, 0) is 14.3 Å². The lowest BCUT2D eigenvalue weighted by Gasteiger charge is -2.18. The van der Waals surface area contributed by atoms with Gasteiger partial charge in [-0.25, -0.2) is 4.79 Å². The maximum atomic E-state index is 12.1. The highest BCUT2D eigenvalue weighted by atomic mass is 19.4. The molecule has 0 spiro atoms. The third-order valence-corrected chi connectivity index (χ3v) is 2.05.